The summed E-state index contributed by atoms with van der Waals surface area (Å²) in [5.41, 5.74) is 1.42. The zero-order valence-corrected chi connectivity index (χ0v) is 11.3. The molecule has 0 saturated carbocycles. The SMILES string of the molecule is CC(=O)CCCC(=O)NCCc1ncc2[nH]cnc2n1. The van der Waals surface area contributed by atoms with Crippen molar-refractivity contribution in [2.24, 2.45) is 0 Å². The largest absolute Gasteiger partial charge is 0.356 e. The van der Waals surface area contributed by atoms with Gasteiger partial charge in [0.2, 0.25) is 5.91 Å². The maximum Gasteiger partial charge on any atom is 0.220 e. The van der Waals surface area contributed by atoms with Crippen LogP contribution in [0.15, 0.2) is 12.5 Å². The van der Waals surface area contributed by atoms with Crippen molar-refractivity contribution < 1.29 is 9.59 Å². The van der Waals surface area contributed by atoms with Crippen molar-refractivity contribution in [1.82, 2.24) is 25.3 Å². The molecular weight excluding hydrogens is 258 g/mol. The number of carbonyl (C=O) groups is 2. The summed E-state index contributed by atoms with van der Waals surface area (Å²) in [7, 11) is 0. The molecular formula is C13H17N5O2. The molecule has 0 fully saturated rings. The highest BCUT2D eigenvalue weighted by Gasteiger charge is 2.04. The molecule has 1 amide bonds. The third kappa shape index (κ3) is 4.11. The molecule has 2 aromatic rings. The molecule has 2 aromatic heterocycles. The molecule has 0 unspecified atom stereocenters. The first-order valence-electron chi connectivity index (χ1n) is 6.56. The number of ketones is 1. The van der Waals surface area contributed by atoms with Crippen LogP contribution in [0.3, 0.4) is 0 Å². The lowest BCUT2D eigenvalue weighted by molar-refractivity contribution is -0.121. The predicted molar refractivity (Wildman–Crippen MR) is 72.9 cm³/mol. The molecule has 0 spiro atoms. The first kappa shape index (κ1) is 14.1. The van der Waals surface area contributed by atoms with Gasteiger partial charge < -0.3 is 15.1 Å². The second-order valence-corrected chi connectivity index (χ2v) is 4.58. The molecule has 7 heteroatoms. The second kappa shape index (κ2) is 6.74. The highest BCUT2D eigenvalue weighted by Crippen LogP contribution is 2.04. The van der Waals surface area contributed by atoms with E-state index in [0.717, 1.165) is 5.52 Å². The first-order valence-corrected chi connectivity index (χ1v) is 6.56. The maximum absolute atomic E-state index is 11.5. The Kier molecular flexibility index (Phi) is 4.75. The van der Waals surface area contributed by atoms with Crippen molar-refractivity contribution in [3.63, 3.8) is 0 Å². The van der Waals surface area contributed by atoms with Gasteiger partial charge in [0.25, 0.3) is 0 Å². The van der Waals surface area contributed by atoms with Crippen LogP contribution >= 0.6 is 0 Å². The van der Waals surface area contributed by atoms with Crippen LogP contribution in [0, 0.1) is 0 Å². The van der Waals surface area contributed by atoms with E-state index >= 15 is 0 Å². The van der Waals surface area contributed by atoms with Gasteiger partial charge in [-0.2, -0.15) is 0 Å². The van der Waals surface area contributed by atoms with E-state index in [9.17, 15) is 9.59 Å². The average Bonchev–Trinajstić information content (AvgIpc) is 2.85. The van der Waals surface area contributed by atoms with E-state index in [2.05, 4.69) is 25.3 Å². The number of fused-ring (bicyclic) bond motifs is 1. The van der Waals surface area contributed by atoms with E-state index < -0.39 is 0 Å². The average molecular weight is 275 g/mol. The van der Waals surface area contributed by atoms with Crippen molar-refractivity contribution >= 4 is 22.9 Å². The number of imidazole rings is 1. The molecule has 0 aromatic carbocycles. The molecule has 0 radical (unpaired) electrons. The highest BCUT2D eigenvalue weighted by atomic mass is 16.1. The minimum absolute atomic E-state index is 0.0490. The summed E-state index contributed by atoms with van der Waals surface area (Å²) in [5.74, 6) is 0.708. The van der Waals surface area contributed by atoms with Crippen LogP contribution in [-0.4, -0.2) is 38.2 Å². The topological polar surface area (TPSA) is 101 Å². The summed E-state index contributed by atoms with van der Waals surface area (Å²) in [6.07, 6.45) is 5.22. The van der Waals surface area contributed by atoms with Crippen LogP contribution in [0.25, 0.3) is 11.2 Å². The number of aromatic nitrogens is 4. The zero-order chi connectivity index (χ0) is 14.4. The number of H-pyrrole nitrogens is 1. The molecule has 0 atom stereocenters. The molecule has 106 valence electrons. The molecule has 0 aliphatic rings. The Morgan fingerprint density at radius 3 is 2.95 bits per heavy atom. The summed E-state index contributed by atoms with van der Waals surface area (Å²) >= 11 is 0. The smallest absolute Gasteiger partial charge is 0.220 e. The number of hydrogen-bond donors (Lipinski definition) is 2. The molecule has 7 nitrogen and oxygen atoms in total. The highest BCUT2D eigenvalue weighted by molar-refractivity contribution is 5.78. The lowest BCUT2D eigenvalue weighted by atomic mass is 10.2. The zero-order valence-electron chi connectivity index (χ0n) is 11.3. The fourth-order valence-electron chi connectivity index (χ4n) is 1.79. The fraction of sp³-hybridized carbons (Fsp3) is 0.462. The van der Waals surface area contributed by atoms with E-state index in [4.69, 9.17) is 0 Å². The van der Waals surface area contributed by atoms with E-state index in [1.807, 2.05) is 0 Å². The van der Waals surface area contributed by atoms with Crippen LogP contribution in [0.1, 0.15) is 32.0 Å². The van der Waals surface area contributed by atoms with Crippen molar-refractivity contribution in [1.29, 1.82) is 0 Å². The Labute approximate surface area is 116 Å². The summed E-state index contributed by atoms with van der Waals surface area (Å²) < 4.78 is 0. The van der Waals surface area contributed by atoms with Crippen LogP contribution in [0.4, 0.5) is 0 Å². The fourth-order valence-corrected chi connectivity index (χ4v) is 1.79. The third-order valence-corrected chi connectivity index (χ3v) is 2.83. The number of Topliss-reactive ketones (excluding diaryl/α,β-unsaturated/α-hetero) is 1. The van der Waals surface area contributed by atoms with Crippen molar-refractivity contribution in [2.45, 2.75) is 32.6 Å². The Morgan fingerprint density at radius 2 is 2.15 bits per heavy atom. The number of hydrogen-bond acceptors (Lipinski definition) is 5. The Bertz CT molecular complexity index is 608. The summed E-state index contributed by atoms with van der Waals surface area (Å²) in [6, 6.07) is 0. The molecule has 0 aliphatic heterocycles. The Morgan fingerprint density at radius 1 is 1.30 bits per heavy atom. The monoisotopic (exact) mass is 275 g/mol. The van der Waals surface area contributed by atoms with Crippen molar-refractivity contribution in [2.75, 3.05) is 6.54 Å². The minimum atomic E-state index is -0.0490. The molecule has 2 rings (SSSR count). The maximum atomic E-state index is 11.5. The quantitative estimate of drug-likeness (QED) is 0.777. The van der Waals surface area contributed by atoms with Crippen molar-refractivity contribution in [3.8, 4) is 0 Å². The van der Waals surface area contributed by atoms with Crippen LogP contribution in [0.5, 0.6) is 0 Å². The lowest BCUT2D eigenvalue weighted by Gasteiger charge is -2.04. The predicted octanol–water partition coefficient (Wildman–Crippen LogP) is 0.771. The minimum Gasteiger partial charge on any atom is -0.356 e. The van der Waals surface area contributed by atoms with E-state index in [1.54, 1.807) is 12.5 Å². The van der Waals surface area contributed by atoms with Gasteiger partial charge in [0, 0.05) is 25.8 Å². The number of aromatic amines is 1. The first-order chi connectivity index (χ1) is 9.65. The Hall–Kier alpha value is -2.31. The molecule has 0 aliphatic carbocycles. The van der Waals surface area contributed by atoms with Gasteiger partial charge in [0.05, 0.1) is 12.5 Å². The van der Waals surface area contributed by atoms with E-state index in [0.29, 0.717) is 43.7 Å². The number of nitrogens with zero attached hydrogens (tertiary/aromatic N) is 3. The number of nitrogens with one attached hydrogen (secondary N) is 2. The van der Waals surface area contributed by atoms with E-state index in [1.165, 1.54) is 6.92 Å². The number of carbonyl (C=O) groups excluding carboxylic acids is 2. The van der Waals surface area contributed by atoms with Gasteiger partial charge in [-0.15, -0.1) is 0 Å². The van der Waals surface area contributed by atoms with E-state index in [-0.39, 0.29) is 11.7 Å². The summed E-state index contributed by atoms with van der Waals surface area (Å²) in [6.45, 7) is 2.01. The lowest BCUT2D eigenvalue weighted by Crippen LogP contribution is -2.25. The molecule has 0 bridgehead atoms. The molecule has 0 saturated heterocycles. The van der Waals surface area contributed by atoms with Gasteiger partial charge in [-0.3, -0.25) is 4.79 Å². The normalized spacial score (nSPS) is 10.7. The molecule has 2 N–H and O–H groups in total. The standard InChI is InChI=1S/C13H17N5O2/c1-9(19)3-2-4-12(20)14-6-5-11-15-7-10-13(18-11)17-8-16-10/h7-8H,2-6H2,1H3,(H,14,20)(H,15,16,17,18). The molecule has 20 heavy (non-hydrogen) atoms. The second-order valence-electron chi connectivity index (χ2n) is 4.58. The van der Waals surface area contributed by atoms with Gasteiger partial charge in [0.1, 0.15) is 17.1 Å². The van der Waals surface area contributed by atoms with Crippen LogP contribution in [-0.2, 0) is 16.0 Å². The van der Waals surface area contributed by atoms with Crippen LogP contribution in [0.2, 0.25) is 0 Å². The van der Waals surface area contributed by atoms with Gasteiger partial charge >= 0.3 is 0 Å². The van der Waals surface area contributed by atoms with Gasteiger partial charge in [0.15, 0.2) is 5.65 Å². The third-order valence-electron chi connectivity index (χ3n) is 2.83. The number of amides is 1. The van der Waals surface area contributed by atoms with Gasteiger partial charge in [-0.05, 0) is 13.3 Å². The summed E-state index contributed by atoms with van der Waals surface area (Å²) in [5, 5.41) is 2.79. The van der Waals surface area contributed by atoms with Crippen molar-refractivity contribution in [3.05, 3.63) is 18.3 Å². The Balaban J connectivity index is 1.72. The van der Waals surface area contributed by atoms with Crippen LogP contribution < -0.4 is 5.32 Å². The summed E-state index contributed by atoms with van der Waals surface area (Å²) in [4.78, 5) is 37.7. The van der Waals surface area contributed by atoms with Gasteiger partial charge in [-0.25, -0.2) is 15.0 Å². The van der Waals surface area contributed by atoms with Gasteiger partial charge in [-0.1, -0.05) is 0 Å². The molecule has 2 heterocycles. The number of rotatable bonds is 7.